The summed E-state index contributed by atoms with van der Waals surface area (Å²) >= 11 is 12.6. The number of ether oxygens (including phenoxy) is 2. The Labute approximate surface area is 235 Å². The molecule has 9 nitrogen and oxygen atoms in total. The van der Waals surface area contributed by atoms with Gasteiger partial charge in [-0.3, -0.25) is 14.5 Å². The Morgan fingerprint density at radius 1 is 1.03 bits per heavy atom. The summed E-state index contributed by atoms with van der Waals surface area (Å²) in [6, 6.07) is 8.57. The maximum Gasteiger partial charge on any atom is 0.319 e. The van der Waals surface area contributed by atoms with Crippen LogP contribution in [0.2, 0.25) is 10.0 Å². The minimum Gasteiger partial charge on any atom is -0.480 e. The van der Waals surface area contributed by atoms with Gasteiger partial charge in [-0.15, -0.1) is 0 Å². The number of benzene rings is 1. The molecule has 11 heteroatoms. The van der Waals surface area contributed by atoms with E-state index in [0.717, 1.165) is 22.5 Å². The lowest BCUT2D eigenvalue weighted by Crippen LogP contribution is -2.32. The Morgan fingerprint density at radius 2 is 1.77 bits per heavy atom. The molecule has 1 aliphatic rings. The Kier molecular flexibility index (Phi) is 6.90. The average molecular weight is 568 g/mol. The SMILES string of the molecule is COc1ncc(-c2cc3c(n2C(C)C)C(c2ccc(Cl)cc2C)N(c2cc(Cl)c(=O)n(C)c2)C3=O)c(OC)n1. The van der Waals surface area contributed by atoms with Crippen molar-refractivity contribution in [3.05, 3.63) is 85.5 Å². The highest BCUT2D eigenvalue weighted by atomic mass is 35.5. The van der Waals surface area contributed by atoms with Crippen LogP contribution in [0.1, 0.15) is 53.1 Å². The molecule has 1 aliphatic heterocycles. The topological polar surface area (TPSA) is 91.5 Å². The number of aryl methyl sites for hydroxylation is 2. The molecule has 202 valence electrons. The first-order chi connectivity index (χ1) is 18.6. The van der Waals surface area contributed by atoms with E-state index in [4.69, 9.17) is 32.7 Å². The molecule has 0 saturated heterocycles. The summed E-state index contributed by atoms with van der Waals surface area (Å²) in [6.07, 6.45) is 3.25. The van der Waals surface area contributed by atoms with Crippen LogP contribution in [0.4, 0.5) is 5.69 Å². The van der Waals surface area contributed by atoms with Gasteiger partial charge in [0, 0.05) is 30.5 Å². The van der Waals surface area contributed by atoms with Crippen LogP contribution in [0, 0.1) is 6.92 Å². The summed E-state index contributed by atoms with van der Waals surface area (Å²) in [5.74, 6) is 0.0985. The Hall–Kier alpha value is -3.82. The van der Waals surface area contributed by atoms with E-state index in [1.54, 1.807) is 24.3 Å². The number of nitrogens with zero attached hydrogens (tertiary/aromatic N) is 5. The van der Waals surface area contributed by atoms with E-state index >= 15 is 0 Å². The number of carbonyl (C=O) groups is 1. The predicted octanol–water partition coefficient (Wildman–Crippen LogP) is 5.61. The second-order valence-corrected chi connectivity index (χ2v) is 10.5. The van der Waals surface area contributed by atoms with E-state index in [0.29, 0.717) is 27.7 Å². The highest BCUT2D eigenvalue weighted by Crippen LogP contribution is 2.47. The highest BCUT2D eigenvalue weighted by molar-refractivity contribution is 6.31. The molecule has 0 N–H and O–H groups in total. The van der Waals surface area contributed by atoms with Gasteiger partial charge in [0.2, 0.25) is 5.88 Å². The molecule has 5 rings (SSSR count). The van der Waals surface area contributed by atoms with Crippen molar-refractivity contribution < 1.29 is 14.3 Å². The van der Waals surface area contributed by atoms with E-state index in [-0.39, 0.29) is 28.5 Å². The fourth-order valence-electron chi connectivity index (χ4n) is 5.19. The number of methoxy groups -OCH3 is 2. The van der Waals surface area contributed by atoms with E-state index in [1.807, 2.05) is 45.0 Å². The summed E-state index contributed by atoms with van der Waals surface area (Å²) in [4.78, 5) is 36.9. The number of hydrogen-bond acceptors (Lipinski definition) is 6. The number of hydrogen-bond donors (Lipinski definition) is 0. The number of anilines is 1. The Bertz CT molecular complexity index is 1650. The number of halogens is 2. The Balaban J connectivity index is 1.81. The minimum atomic E-state index is -0.528. The summed E-state index contributed by atoms with van der Waals surface area (Å²) < 4.78 is 14.2. The first-order valence-corrected chi connectivity index (χ1v) is 13.0. The van der Waals surface area contributed by atoms with Crippen LogP contribution in [0.3, 0.4) is 0 Å². The normalized spacial score (nSPS) is 14.7. The molecule has 39 heavy (non-hydrogen) atoms. The highest BCUT2D eigenvalue weighted by Gasteiger charge is 2.44. The van der Waals surface area contributed by atoms with Crippen LogP contribution >= 0.6 is 23.2 Å². The van der Waals surface area contributed by atoms with Crippen molar-refractivity contribution in [3.8, 4) is 23.1 Å². The molecule has 0 radical (unpaired) electrons. The van der Waals surface area contributed by atoms with Gasteiger partial charge in [0.1, 0.15) is 11.1 Å². The molecular weight excluding hydrogens is 541 g/mol. The van der Waals surface area contributed by atoms with Crippen molar-refractivity contribution in [2.24, 2.45) is 7.05 Å². The average Bonchev–Trinajstić information content (AvgIpc) is 3.42. The lowest BCUT2D eigenvalue weighted by molar-refractivity contribution is 0.0993. The maximum absolute atomic E-state index is 14.2. The quantitative estimate of drug-likeness (QED) is 0.301. The van der Waals surface area contributed by atoms with Crippen molar-refractivity contribution in [2.75, 3.05) is 19.1 Å². The summed E-state index contributed by atoms with van der Waals surface area (Å²) in [5.41, 5.74) is 4.63. The molecule has 4 heterocycles. The Morgan fingerprint density at radius 3 is 2.38 bits per heavy atom. The van der Waals surface area contributed by atoms with Crippen LogP contribution < -0.4 is 19.9 Å². The first kappa shape index (κ1) is 26.8. The number of amides is 1. The molecule has 0 spiro atoms. The van der Waals surface area contributed by atoms with Gasteiger partial charge in [-0.05, 0) is 56.2 Å². The van der Waals surface area contributed by atoms with Crippen molar-refractivity contribution in [2.45, 2.75) is 32.9 Å². The molecule has 0 bridgehead atoms. The van der Waals surface area contributed by atoms with Gasteiger partial charge in [0.05, 0.1) is 42.4 Å². The second kappa shape index (κ2) is 10.1. The predicted molar refractivity (Wildman–Crippen MR) is 150 cm³/mol. The molecule has 1 amide bonds. The maximum atomic E-state index is 14.2. The minimum absolute atomic E-state index is 0.0264. The van der Waals surface area contributed by atoms with Gasteiger partial charge in [-0.25, -0.2) is 4.98 Å². The van der Waals surface area contributed by atoms with Crippen molar-refractivity contribution >= 4 is 34.8 Å². The monoisotopic (exact) mass is 567 g/mol. The summed E-state index contributed by atoms with van der Waals surface area (Å²) in [6.45, 7) is 6.05. The van der Waals surface area contributed by atoms with Gasteiger partial charge < -0.3 is 18.6 Å². The standard InChI is InChI=1S/C28H27Cl2N5O4/c1-14(2)34-22(20-12-31-28(39-6)32-25(20)38-5)11-19-24(34)23(18-8-7-16(29)9-15(18)3)35(26(19)36)17-10-21(30)27(37)33(4)13-17/h7-14,23H,1-6H3. The van der Waals surface area contributed by atoms with Crippen LogP contribution in [-0.4, -0.2) is 39.2 Å². The zero-order chi connectivity index (χ0) is 28.2. The molecule has 0 aliphatic carbocycles. The van der Waals surface area contributed by atoms with Crippen molar-refractivity contribution in [3.63, 3.8) is 0 Å². The molecule has 1 aromatic carbocycles. The zero-order valence-electron chi connectivity index (χ0n) is 22.3. The fourth-order valence-corrected chi connectivity index (χ4v) is 5.66. The number of aromatic nitrogens is 4. The summed E-state index contributed by atoms with van der Waals surface area (Å²) in [5, 5.41) is 0.621. The van der Waals surface area contributed by atoms with Crippen LogP contribution in [0.25, 0.3) is 11.3 Å². The molecule has 0 fully saturated rings. The lowest BCUT2D eigenvalue weighted by atomic mass is 9.98. The van der Waals surface area contributed by atoms with Gasteiger partial charge in [-0.2, -0.15) is 4.98 Å². The van der Waals surface area contributed by atoms with Gasteiger partial charge >= 0.3 is 6.01 Å². The van der Waals surface area contributed by atoms with E-state index < -0.39 is 6.04 Å². The smallest absolute Gasteiger partial charge is 0.319 e. The lowest BCUT2D eigenvalue weighted by Gasteiger charge is -2.30. The van der Waals surface area contributed by atoms with E-state index in [9.17, 15) is 9.59 Å². The van der Waals surface area contributed by atoms with E-state index in [1.165, 1.54) is 24.9 Å². The molecular formula is C28H27Cl2N5O4. The number of rotatable bonds is 6. The van der Waals surface area contributed by atoms with Gasteiger partial charge in [0.25, 0.3) is 11.5 Å². The van der Waals surface area contributed by atoms with Crippen LogP contribution in [0.5, 0.6) is 11.9 Å². The first-order valence-electron chi connectivity index (χ1n) is 12.2. The molecule has 1 atom stereocenters. The van der Waals surface area contributed by atoms with Gasteiger partial charge in [-0.1, -0.05) is 29.3 Å². The van der Waals surface area contributed by atoms with Crippen LogP contribution in [0.15, 0.2) is 47.5 Å². The van der Waals surface area contributed by atoms with Crippen molar-refractivity contribution in [1.82, 2.24) is 19.1 Å². The van der Waals surface area contributed by atoms with Crippen LogP contribution in [-0.2, 0) is 7.05 Å². The largest absolute Gasteiger partial charge is 0.480 e. The third-order valence-electron chi connectivity index (χ3n) is 6.87. The van der Waals surface area contributed by atoms with E-state index in [2.05, 4.69) is 14.5 Å². The third kappa shape index (κ3) is 4.35. The van der Waals surface area contributed by atoms with Crippen molar-refractivity contribution in [1.29, 1.82) is 0 Å². The second-order valence-electron chi connectivity index (χ2n) is 9.61. The molecule has 0 saturated carbocycles. The number of pyridine rings is 1. The third-order valence-corrected chi connectivity index (χ3v) is 7.38. The zero-order valence-corrected chi connectivity index (χ0v) is 23.8. The molecule has 4 aromatic rings. The molecule has 1 unspecified atom stereocenters. The number of fused-ring (bicyclic) bond motifs is 1. The fraction of sp³-hybridized carbons (Fsp3) is 0.286. The number of carbonyl (C=O) groups excluding carboxylic acids is 1. The summed E-state index contributed by atoms with van der Waals surface area (Å²) in [7, 11) is 4.62. The van der Waals surface area contributed by atoms with Gasteiger partial charge in [0.15, 0.2) is 0 Å². The molecule has 3 aromatic heterocycles.